The van der Waals surface area contributed by atoms with Crippen molar-refractivity contribution in [2.75, 3.05) is 0 Å². The van der Waals surface area contributed by atoms with E-state index in [0.29, 0.717) is 0 Å². The summed E-state index contributed by atoms with van der Waals surface area (Å²) in [6.45, 7) is 3.86. The van der Waals surface area contributed by atoms with Gasteiger partial charge in [-0.05, 0) is 32.0 Å². The lowest BCUT2D eigenvalue weighted by Gasteiger charge is -2.02. The second-order valence-corrected chi connectivity index (χ2v) is 3.18. The Morgan fingerprint density at radius 1 is 1.14 bits per heavy atom. The molecule has 2 heterocycles. The van der Waals surface area contributed by atoms with Gasteiger partial charge in [0, 0.05) is 23.7 Å². The highest BCUT2D eigenvalue weighted by molar-refractivity contribution is 5.57. The number of hydrogen-bond acceptors (Lipinski definition) is 3. The first-order chi connectivity index (χ1) is 6.75. The fourth-order valence-electron chi connectivity index (χ4n) is 1.38. The Kier molecular flexibility index (Phi) is 2.23. The van der Waals surface area contributed by atoms with Gasteiger partial charge in [0.1, 0.15) is 5.82 Å². The van der Waals surface area contributed by atoms with Crippen molar-refractivity contribution in [2.45, 2.75) is 13.8 Å². The Balaban J connectivity index is 2.52. The van der Waals surface area contributed by atoms with Gasteiger partial charge >= 0.3 is 0 Å². The first-order valence-electron chi connectivity index (χ1n) is 4.48. The molecule has 0 unspecified atom stereocenters. The van der Waals surface area contributed by atoms with E-state index in [-0.39, 0.29) is 0 Å². The Morgan fingerprint density at radius 3 is 2.64 bits per heavy atom. The molecule has 3 heteroatoms. The zero-order chi connectivity index (χ0) is 9.97. The Morgan fingerprint density at radius 2 is 2.00 bits per heavy atom. The summed E-state index contributed by atoms with van der Waals surface area (Å²) in [6.07, 6.45) is 3.56. The third-order valence-electron chi connectivity index (χ3n) is 1.92. The van der Waals surface area contributed by atoms with Gasteiger partial charge in [-0.1, -0.05) is 0 Å². The molecule has 0 saturated heterocycles. The zero-order valence-corrected chi connectivity index (χ0v) is 8.23. The molecule has 0 amide bonds. The fraction of sp³-hybridized carbons (Fsp3) is 0.182. The summed E-state index contributed by atoms with van der Waals surface area (Å²) < 4.78 is 0. The lowest BCUT2D eigenvalue weighted by Crippen LogP contribution is -1.93. The summed E-state index contributed by atoms with van der Waals surface area (Å²) in [7, 11) is 0. The van der Waals surface area contributed by atoms with Gasteiger partial charge < -0.3 is 0 Å². The molecule has 2 rings (SSSR count). The lowest BCUT2D eigenvalue weighted by molar-refractivity contribution is 1.01. The zero-order valence-electron chi connectivity index (χ0n) is 8.23. The molecular formula is C11H11N3. The summed E-state index contributed by atoms with van der Waals surface area (Å²) in [6, 6.07) is 5.86. The minimum absolute atomic E-state index is 0.795. The van der Waals surface area contributed by atoms with Crippen LogP contribution in [-0.4, -0.2) is 15.0 Å². The lowest BCUT2D eigenvalue weighted by atomic mass is 10.2. The van der Waals surface area contributed by atoms with Crippen LogP contribution in [0.2, 0.25) is 0 Å². The second-order valence-electron chi connectivity index (χ2n) is 3.18. The van der Waals surface area contributed by atoms with E-state index in [0.717, 1.165) is 22.8 Å². The highest BCUT2D eigenvalue weighted by Gasteiger charge is 2.00. The topological polar surface area (TPSA) is 38.7 Å². The summed E-state index contributed by atoms with van der Waals surface area (Å²) in [5.74, 6) is 0.795. The first kappa shape index (κ1) is 8.81. The van der Waals surface area contributed by atoms with E-state index in [9.17, 15) is 0 Å². The van der Waals surface area contributed by atoms with Crippen LogP contribution >= 0.6 is 0 Å². The van der Waals surface area contributed by atoms with Gasteiger partial charge in [-0.15, -0.1) is 0 Å². The molecule has 0 spiro atoms. The van der Waals surface area contributed by atoms with E-state index in [1.807, 2.05) is 32.0 Å². The summed E-state index contributed by atoms with van der Waals surface area (Å²) >= 11 is 0. The molecule has 2 aromatic heterocycles. The van der Waals surface area contributed by atoms with Crippen LogP contribution in [0.1, 0.15) is 11.5 Å². The van der Waals surface area contributed by atoms with Crippen molar-refractivity contribution >= 4 is 0 Å². The van der Waals surface area contributed by atoms with Gasteiger partial charge in [0.05, 0.1) is 5.69 Å². The molecule has 2 aromatic rings. The van der Waals surface area contributed by atoms with Crippen molar-refractivity contribution in [2.24, 2.45) is 0 Å². The summed E-state index contributed by atoms with van der Waals surface area (Å²) in [5, 5.41) is 0. The monoisotopic (exact) mass is 185 g/mol. The molecule has 0 atom stereocenters. The fourth-order valence-corrected chi connectivity index (χ4v) is 1.38. The molecule has 0 fully saturated rings. The van der Waals surface area contributed by atoms with Crippen LogP contribution in [0.15, 0.2) is 30.6 Å². The maximum Gasteiger partial charge on any atom is 0.126 e. The molecule has 0 bridgehead atoms. The molecular weight excluding hydrogens is 174 g/mol. The normalized spacial score (nSPS) is 10.1. The maximum absolute atomic E-state index is 4.35. The van der Waals surface area contributed by atoms with Crippen LogP contribution in [0.25, 0.3) is 11.3 Å². The molecule has 14 heavy (non-hydrogen) atoms. The minimum atomic E-state index is 0.795. The van der Waals surface area contributed by atoms with Gasteiger partial charge in [-0.3, -0.25) is 4.98 Å². The molecule has 0 aromatic carbocycles. The van der Waals surface area contributed by atoms with Gasteiger partial charge in [-0.2, -0.15) is 0 Å². The number of rotatable bonds is 1. The molecule has 0 N–H and O–H groups in total. The number of pyridine rings is 1. The number of hydrogen-bond donors (Lipinski definition) is 0. The van der Waals surface area contributed by atoms with Crippen LogP contribution in [0.5, 0.6) is 0 Å². The van der Waals surface area contributed by atoms with Crippen molar-refractivity contribution in [1.82, 2.24) is 15.0 Å². The molecule has 0 aliphatic carbocycles. The van der Waals surface area contributed by atoms with E-state index in [2.05, 4.69) is 15.0 Å². The average molecular weight is 185 g/mol. The van der Waals surface area contributed by atoms with Gasteiger partial charge in [-0.25, -0.2) is 9.97 Å². The third-order valence-corrected chi connectivity index (χ3v) is 1.92. The SMILES string of the molecule is Cc1cc(-c2cccnc2)nc(C)n1. The van der Waals surface area contributed by atoms with Crippen LogP contribution in [-0.2, 0) is 0 Å². The predicted molar refractivity (Wildman–Crippen MR) is 54.7 cm³/mol. The van der Waals surface area contributed by atoms with E-state index in [1.165, 1.54) is 0 Å². The largest absolute Gasteiger partial charge is 0.264 e. The highest BCUT2D eigenvalue weighted by atomic mass is 14.9. The maximum atomic E-state index is 4.35. The Bertz CT molecular complexity index is 417. The predicted octanol–water partition coefficient (Wildman–Crippen LogP) is 2.16. The molecule has 0 saturated carbocycles. The van der Waals surface area contributed by atoms with Gasteiger partial charge in [0.2, 0.25) is 0 Å². The van der Waals surface area contributed by atoms with Crippen molar-refractivity contribution in [3.8, 4) is 11.3 Å². The smallest absolute Gasteiger partial charge is 0.126 e. The summed E-state index contributed by atoms with van der Waals surface area (Å²) in [5.41, 5.74) is 2.94. The quantitative estimate of drug-likeness (QED) is 0.683. The second kappa shape index (κ2) is 3.54. The van der Waals surface area contributed by atoms with Crippen LogP contribution in [0.3, 0.4) is 0 Å². The van der Waals surface area contributed by atoms with Crippen molar-refractivity contribution in [3.05, 3.63) is 42.1 Å². The van der Waals surface area contributed by atoms with Crippen molar-refractivity contribution in [1.29, 1.82) is 0 Å². The Labute approximate surface area is 82.9 Å². The molecule has 70 valence electrons. The Hall–Kier alpha value is -1.77. The van der Waals surface area contributed by atoms with Crippen LogP contribution < -0.4 is 0 Å². The van der Waals surface area contributed by atoms with Gasteiger partial charge in [0.25, 0.3) is 0 Å². The standard InChI is InChI=1S/C11H11N3/c1-8-6-11(14-9(2)13-8)10-4-3-5-12-7-10/h3-7H,1-2H3. The number of aromatic nitrogens is 3. The van der Waals surface area contributed by atoms with Crippen LogP contribution in [0.4, 0.5) is 0 Å². The number of nitrogens with zero attached hydrogens (tertiary/aromatic N) is 3. The highest BCUT2D eigenvalue weighted by Crippen LogP contribution is 2.15. The van der Waals surface area contributed by atoms with Crippen molar-refractivity contribution in [3.63, 3.8) is 0 Å². The molecule has 3 nitrogen and oxygen atoms in total. The van der Waals surface area contributed by atoms with Gasteiger partial charge in [0.15, 0.2) is 0 Å². The van der Waals surface area contributed by atoms with Crippen molar-refractivity contribution < 1.29 is 0 Å². The van der Waals surface area contributed by atoms with E-state index >= 15 is 0 Å². The van der Waals surface area contributed by atoms with Crippen LogP contribution in [0, 0.1) is 13.8 Å². The number of aryl methyl sites for hydroxylation is 2. The minimum Gasteiger partial charge on any atom is -0.264 e. The molecule has 0 aliphatic rings. The molecule has 0 radical (unpaired) electrons. The summed E-state index contributed by atoms with van der Waals surface area (Å²) in [4.78, 5) is 12.6. The first-order valence-corrected chi connectivity index (χ1v) is 4.48. The van der Waals surface area contributed by atoms with E-state index < -0.39 is 0 Å². The van der Waals surface area contributed by atoms with E-state index in [4.69, 9.17) is 0 Å². The van der Waals surface area contributed by atoms with E-state index in [1.54, 1.807) is 12.4 Å². The average Bonchev–Trinajstić information content (AvgIpc) is 2.18. The third kappa shape index (κ3) is 1.76. The molecule has 0 aliphatic heterocycles.